The van der Waals surface area contributed by atoms with Crippen molar-refractivity contribution < 1.29 is 9.72 Å². The number of aromatic nitrogens is 1. The number of nitrogens with one attached hydrogen (secondary N) is 1. The molecule has 106 valence electrons. The number of carbonyl (C=O) groups is 1. The van der Waals surface area contributed by atoms with Gasteiger partial charge in [-0.1, -0.05) is 0 Å². The van der Waals surface area contributed by atoms with Crippen LogP contribution in [-0.2, 0) is 0 Å². The summed E-state index contributed by atoms with van der Waals surface area (Å²) in [6, 6.07) is 1.57. The van der Waals surface area contributed by atoms with E-state index in [0.29, 0.717) is 18.7 Å². The Hall–Kier alpha value is -2.29. The molecule has 0 unspecified atom stereocenters. The van der Waals surface area contributed by atoms with Crippen molar-refractivity contribution in [3.63, 3.8) is 0 Å². The first-order valence-electron chi connectivity index (χ1n) is 6.71. The largest absolute Gasteiger partial charge is 0.351 e. The van der Waals surface area contributed by atoms with Crippen molar-refractivity contribution >= 4 is 11.6 Å². The van der Waals surface area contributed by atoms with Crippen LogP contribution in [-0.4, -0.2) is 21.9 Å². The maximum atomic E-state index is 12.1. The number of hydrogen-bond donors (Lipinski definition) is 1. The molecule has 0 radical (unpaired) electrons. The Morgan fingerprint density at radius 1 is 1.55 bits per heavy atom. The summed E-state index contributed by atoms with van der Waals surface area (Å²) in [5.74, 6) is 2.29. The number of amides is 1. The molecular formula is C14H17N3O3. The van der Waals surface area contributed by atoms with Crippen LogP contribution < -0.4 is 5.32 Å². The minimum absolute atomic E-state index is 0.0330. The van der Waals surface area contributed by atoms with Crippen molar-refractivity contribution in [2.45, 2.75) is 38.1 Å². The highest BCUT2D eigenvalue weighted by molar-refractivity contribution is 5.93. The van der Waals surface area contributed by atoms with Gasteiger partial charge in [0.05, 0.1) is 11.1 Å². The fourth-order valence-corrected chi connectivity index (χ4v) is 2.05. The lowest BCUT2D eigenvalue weighted by molar-refractivity contribution is -0.384. The van der Waals surface area contributed by atoms with Crippen molar-refractivity contribution in [3.8, 4) is 12.3 Å². The molecule has 1 aliphatic carbocycles. The maximum Gasteiger partial charge on any atom is 0.287 e. The van der Waals surface area contributed by atoms with E-state index in [2.05, 4.69) is 11.2 Å². The molecule has 6 nitrogen and oxygen atoms in total. The van der Waals surface area contributed by atoms with Crippen LogP contribution in [0.15, 0.2) is 12.3 Å². The number of hydrogen-bond acceptors (Lipinski definition) is 3. The van der Waals surface area contributed by atoms with Crippen molar-refractivity contribution in [2.75, 3.05) is 6.54 Å². The minimum atomic E-state index is -0.470. The number of unbranched alkanes of at least 4 members (excludes halogenated alkanes) is 2. The second-order valence-corrected chi connectivity index (χ2v) is 4.90. The molecule has 0 aliphatic heterocycles. The summed E-state index contributed by atoms with van der Waals surface area (Å²) in [5.41, 5.74) is 0.338. The molecule has 1 N–H and O–H groups in total. The van der Waals surface area contributed by atoms with E-state index in [4.69, 9.17) is 6.42 Å². The van der Waals surface area contributed by atoms with Crippen molar-refractivity contribution in [3.05, 3.63) is 28.1 Å². The summed E-state index contributed by atoms with van der Waals surface area (Å²) in [6.45, 7) is 0.532. The Morgan fingerprint density at radius 2 is 2.30 bits per heavy atom. The monoisotopic (exact) mass is 275 g/mol. The first-order chi connectivity index (χ1) is 9.63. The van der Waals surface area contributed by atoms with E-state index in [1.165, 1.54) is 12.3 Å². The molecule has 1 fully saturated rings. The van der Waals surface area contributed by atoms with E-state index in [1.54, 1.807) is 4.57 Å². The van der Waals surface area contributed by atoms with E-state index < -0.39 is 4.92 Å². The van der Waals surface area contributed by atoms with Gasteiger partial charge in [-0.2, -0.15) is 0 Å². The maximum absolute atomic E-state index is 12.1. The van der Waals surface area contributed by atoms with Gasteiger partial charge in [0.25, 0.3) is 11.6 Å². The zero-order valence-electron chi connectivity index (χ0n) is 11.2. The SMILES string of the molecule is C#CCCCCNC(=O)c1cc([N+](=O)[O-])cn1C1CC1. The Balaban J connectivity index is 1.98. The van der Waals surface area contributed by atoms with E-state index >= 15 is 0 Å². The van der Waals surface area contributed by atoms with Gasteiger partial charge in [-0.25, -0.2) is 0 Å². The van der Waals surface area contributed by atoms with E-state index in [0.717, 1.165) is 25.7 Å². The molecule has 0 saturated heterocycles. The minimum Gasteiger partial charge on any atom is -0.351 e. The molecule has 0 atom stereocenters. The fourth-order valence-electron chi connectivity index (χ4n) is 2.05. The van der Waals surface area contributed by atoms with Crippen LogP contribution in [0.5, 0.6) is 0 Å². The lowest BCUT2D eigenvalue weighted by Gasteiger charge is -2.07. The zero-order valence-corrected chi connectivity index (χ0v) is 11.2. The van der Waals surface area contributed by atoms with Crippen molar-refractivity contribution in [2.24, 2.45) is 0 Å². The second-order valence-electron chi connectivity index (χ2n) is 4.90. The number of nitro groups is 1. The van der Waals surface area contributed by atoms with Crippen molar-refractivity contribution in [1.29, 1.82) is 0 Å². The molecular weight excluding hydrogens is 258 g/mol. The second kappa shape index (κ2) is 6.24. The highest BCUT2D eigenvalue weighted by Gasteiger charge is 2.30. The van der Waals surface area contributed by atoms with Crippen LogP contribution >= 0.6 is 0 Å². The van der Waals surface area contributed by atoms with Crippen LogP contribution in [0, 0.1) is 22.5 Å². The lowest BCUT2D eigenvalue weighted by atomic mass is 10.2. The summed E-state index contributed by atoms with van der Waals surface area (Å²) in [4.78, 5) is 22.4. The topological polar surface area (TPSA) is 77.2 Å². The predicted octanol–water partition coefficient (Wildman–Crippen LogP) is 2.26. The quantitative estimate of drug-likeness (QED) is 0.359. The van der Waals surface area contributed by atoms with Gasteiger partial charge in [0.1, 0.15) is 5.69 Å². The average Bonchev–Trinajstić information content (AvgIpc) is 3.16. The molecule has 20 heavy (non-hydrogen) atoms. The number of rotatable bonds is 7. The third-order valence-corrected chi connectivity index (χ3v) is 3.25. The highest BCUT2D eigenvalue weighted by atomic mass is 16.6. The Labute approximate surface area is 117 Å². The summed E-state index contributed by atoms with van der Waals surface area (Å²) in [6.07, 6.45) is 10.9. The van der Waals surface area contributed by atoms with Gasteiger partial charge in [-0.15, -0.1) is 12.3 Å². The average molecular weight is 275 g/mol. The molecule has 1 amide bonds. The lowest BCUT2D eigenvalue weighted by Crippen LogP contribution is -2.26. The van der Waals surface area contributed by atoms with Crippen LogP contribution in [0.4, 0.5) is 5.69 Å². The van der Waals surface area contributed by atoms with Gasteiger partial charge >= 0.3 is 0 Å². The zero-order chi connectivity index (χ0) is 14.5. The Kier molecular flexibility index (Phi) is 4.41. The molecule has 1 aliphatic rings. The molecule has 0 spiro atoms. The third kappa shape index (κ3) is 3.38. The predicted molar refractivity (Wildman–Crippen MR) is 74.4 cm³/mol. The van der Waals surface area contributed by atoms with Crippen LogP contribution in [0.2, 0.25) is 0 Å². The number of nitrogens with zero attached hydrogens (tertiary/aromatic N) is 2. The highest BCUT2D eigenvalue weighted by Crippen LogP contribution is 2.37. The summed E-state index contributed by atoms with van der Waals surface area (Å²) < 4.78 is 1.72. The van der Waals surface area contributed by atoms with Gasteiger partial charge in [-0.3, -0.25) is 14.9 Å². The molecule has 2 rings (SSSR count). The smallest absolute Gasteiger partial charge is 0.287 e. The van der Waals surface area contributed by atoms with E-state index in [9.17, 15) is 14.9 Å². The molecule has 1 saturated carbocycles. The van der Waals surface area contributed by atoms with Gasteiger partial charge in [0.15, 0.2) is 0 Å². The van der Waals surface area contributed by atoms with Crippen molar-refractivity contribution in [1.82, 2.24) is 9.88 Å². The van der Waals surface area contributed by atoms with E-state index in [-0.39, 0.29) is 17.6 Å². The normalized spacial score (nSPS) is 13.8. The number of terminal acetylenes is 1. The first-order valence-corrected chi connectivity index (χ1v) is 6.71. The van der Waals surface area contributed by atoms with Gasteiger partial charge in [0, 0.05) is 25.1 Å². The first kappa shape index (κ1) is 14.1. The van der Waals surface area contributed by atoms with Gasteiger partial charge < -0.3 is 9.88 Å². The standard InChI is InChI=1S/C14H17N3O3/c1-2-3-4-5-8-15-14(18)13-9-12(17(19)20)10-16(13)11-6-7-11/h1,9-11H,3-8H2,(H,15,18). The van der Waals surface area contributed by atoms with Gasteiger partial charge in [0.2, 0.25) is 0 Å². The molecule has 1 heterocycles. The Morgan fingerprint density at radius 3 is 2.90 bits per heavy atom. The molecule has 0 aromatic carbocycles. The summed E-state index contributed by atoms with van der Waals surface area (Å²) in [7, 11) is 0. The fraction of sp³-hybridized carbons (Fsp3) is 0.500. The molecule has 0 bridgehead atoms. The molecule has 1 aromatic rings. The number of carbonyl (C=O) groups excluding carboxylic acids is 1. The van der Waals surface area contributed by atoms with E-state index in [1.807, 2.05) is 0 Å². The van der Waals surface area contributed by atoms with Crippen LogP contribution in [0.3, 0.4) is 0 Å². The molecule has 6 heteroatoms. The van der Waals surface area contributed by atoms with Crippen LogP contribution in [0.1, 0.15) is 48.6 Å². The summed E-state index contributed by atoms with van der Waals surface area (Å²) in [5, 5.41) is 13.6. The van der Waals surface area contributed by atoms with Gasteiger partial charge in [-0.05, 0) is 25.7 Å². The Bertz CT molecular complexity index is 553. The summed E-state index contributed by atoms with van der Waals surface area (Å²) >= 11 is 0. The van der Waals surface area contributed by atoms with Crippen LogP contribution in [0.25, 0.3) is 0 Å². The molecule has 1 aromatic heterocycles. The third-order valence-electron chi connectivity index (χ3n) is 3.25.